The van der Waals surface area contributed by atoms with Crippen LogP contribution in [0.15, 0.2) is 12.1 Å². The molecule has 0 aliphatic carbocycles. The Morgan fingerprint density at radius 2 is 2.17 bits per heavy atom. The van der Waals surface area contributed by atoms with Gasteiger partial charge in [-0.05, 0) is 18.9 Å². The Morgan fingerprint density at radius 1 is 1.50 bits per heavy atom. The van der Waals surface area contributed by atoms with Gasteiger partial charge in [0, 0.05) is 6.04 Å². The number of nitro groups is 1. The zero-order chi connectivity index (χ0) is 13.7. The van der Waals surface area contributed by atoms with Gasteiger partial charge < -0.3 is 5.32 Å². The van der Waals surface area contributed by atoms with Crippen LogP contribution in [0.2, 0.25) is 5.02 Å². The molecule has 0 aliphatic rings. The molecule has 0 saturated carbocycles. The van der Waals surface area contributed by atoms with Crippen molar-refractivity contribution in [3.8, 4) is 0 Å². The Kier molecular flexibility index (Phi) is 5.34. The molecule has 100 valence electrons. The van der Waals surface area contributed by atoms with Crippen LogP contribution in [-0.4, -0.2) is 11.0 Å². The molecule has 1 atom stereocenters. The predicted molar refractivity (Wildman–Crippen MR) is 70.7 cm³/mol. The molecule has 0 saturated heterocycles. The Morgan fingerprint density at radius 3 is 2.67 bits per heavy atom. The van der Waals surface area contributed by atoms with Crippen molar-refractivity contribution in [2.45, 2.75) is 39.2 Å². The van der Waals surface area contributed by atoms with E-state index in [1.807, 2.05) is 13.8 Å². The van der Waals surface area contributed by atoms with E-state index in [4.69, 9.17) is 11.6 Å². The maximum Gasteiger partial charge on any atom is 0.295 e. The third kappa shape index (κ3) is 3.57. The van der Waals surface area contributed by atoms with Crippen molar-refractivity contribution >= 4 is 23.0 Å². The van der Waals surface area contributed by atoms with Gasteiger partial charge in [-0.25, -0.2) is 4.39 Å². The predicted octanol–water partition coefficient (Wildman–Crippen LogP) is 4.38. The molecule has 4 nitrogen and oxygen atoms in total. The van der Waals surface area contributed by atoms with Gasteiger partial charge in [0.05, 0.1) is 16.0 Å². The Balaban J connectivity index is 3.06. The molecule has 1 N–H and O–H groups in total. The number of benzene rings is 1. The van der Waals surface area contributed by atoms with Gasteiger partial charge >= 0.3 is 0 Å². The Hall–Kier alpha value is -1.36. The highest BCUT2D eigenvalue weighted by atomic mass is 35.5. The lowest BCUT2D eigenvalue weighted by Crippen LogP contribution is -2.18. The average Bonchev–Trinajstić information content (AvgIpc) is 2.32. The quantitative estimate of drug-likeness (QED) is 0.619. The number of nitro benzene ring substituents is 1. The van der Waals surface area contributed by atoms with Crippen LogP contribution in [0.5, 0.6) is 0 Å². The number of rotatable bonds is 6. The first-order valence-corrected chi connectivity index (χ1v) is 6.27. The van der Waals surface area contributed by atoms with Crippen LogP contribution in [0.25, 0.3) is 0 Å². The van der Waals surface area contributed by atoms with Crippen molar-refractivity contribution in [2.24, 2.45) is 0 Å². The second kappa shape index (κ2) is 6.54. The van der Waals surface area contributed by atoms with E-state index < -0.39 is 10.7 Å². The molecule has 0 aliphatic heterocycles. The molecule has 1 rings (SSSR count). The first-order valence-electron chi connectivity index (χ1n) is 5.89. The minimum Gasteiger partial charge on any atom is -0.377 e. The smallest absolute Gasteiger partial charge is 0.295 e. The van der Waals surface area contributed by atoms with Crippen LogP contribution < -0.4 is 5.32 Å². The zero-order valence-corrected chi connectivity index (χ0v) is 11.1. The van der Waals surface area contributed by atoms with E-state index in [2.05, 4.69) is 5.32 Å². The van der Waals surface area contributed by atoms with Gasteiger partial charge in [-0.3, -0.25) is 10.1 Å². The maximum atomic E-state index is 13.2. The van der Waals surface area contributed by atoms with Crippen molar-refractivity contribution in [3.05, 3.63) is 33.1 Å². The number of hydrogen-bond acceptors (Lipinski definition) is 3. The molecule has 18 heavy (non-hydrogen) atoms. The Labute approximate surface area is 110 Å². The largest absolute Gasteiger partial charge is 0.377 e. The minimum absolute atomic E-state index is 0.116. The fourth-order valence-electron chi connectivity index (χ4n) is 1.75. The molecular weight excluding hydrogens is 259 g/mol. The summed E-state index contributed by atoms with van der Waals surface area (Å²) >= 11 is 5.66. The fourth-order valence-corrected chi connectivity index (χ4v) is 1.91. The van der Waals surface area contributed by atoms with Crippen molar-refractivity contribution in [3.63, 3.8) is 0 Å². The molecule has 0 fully saturated rings. The lowest BCUT2D eigenvalue weighted by molar-refractivity contribution is -0.384. The highest BCUT2D eigenvalue weighted by Crippen LogP contribution is 2.31. The summed E-state index contributed by atoms with van der Waals surface area (Å²) in [5, 5.41) is 13.8. The summed E-state index contributed by atoms with van der Waals surface area (Å²) in [5.74, 6) is -0.780. The minimum atomic E-state index is -0.780. The van der Waals surface area contributed by atoms with Gasteiger partial charge in [0.1, 0.15) is 11.5 Å². The number of hydrogen-bond donors (Lipinski definition) is 1. The molecule has 0 heterocycles. The van der Waals surface area contributed by atoms with Crippen LogP contribution in [0.1, 0.15) is 33.1 Å². The standard InChI is InChI=1S/C12H16ClFN2O2/c1-3-5-8(4-2)15-11-6-9(13)10(14)7-12(11)16(17)18/h6-8,15H,3-5H2,1-2H3. The summed E-state index contributed by atoms with van der Waals surface area (Å²) in [6, 6.07) is 2.24. The number of nitrogens with one attached hydrogen (secondary N) is 1. The van der Waals surface area contributed by atoms with Gasteiger partial charge in [-0.1, -0.05) is 31.9 Å². The van der Waals surface area contributed by atoms with Gasteiger partial charge in [0.25, 0.3) is 5.69 Å². The molecule has 0 spiro atoms. The first kappa shape index (κ1) is 14.7. The van der Waals surface area contributed by atoms with E-state index in [0.717, 1.165) is 25.3 Å². The molecule has 1 unspecified atom stereocenters. The normalized spacial score (nSPS) is 12.2. The number of halogens is 2. The molecule has 1 aromatic carbocycles. The monoisotopic (exact) mass is 274 g/mol. The highest BCUT2D eigenvalue weighted by molar-refractivity contribution is 6.31. The number of anilines is 1. The highest BCUT2D eigenvalue weighted by Gasteiger charge is 2.19. The third-order valence-corrected chi connectivity index (χ3v) is 3.01. The molecule has 1 aromatic rings. The number of nitrogens with zero attached hydrogens (tertiary/aromatic N) is 1. The summed E-state index contributed by atoms with van der Waals surface area (Å²) in [6.45, 7) is 4.03. The second-order valence-electron chi connectivity index (χ2n) is 4.08. The van der Waals surface area contributed by atoms with Crippen LogP contribution in [0.3, 0.4) is 0 Å². The van der Waals surface area contributed by atoms with Crippen LogP contribution in [0.4, 0.5) is 15.8 Å². The zero-order valence-electron chi connectivity index (χ0n) is 10.4. The second-order valence-corrected chi connectivity index (χ2v) is 4.49. The van der Waals surface area contributed by atoms with Gasteiger partial charge in [-0.15, -0.1) is 0 Å². The van der Waals surface area contributed by atoms with E-state index in [1.54, 1.807) is 0 Å². The van der Waals surface area contributed by atoms with E-state index in [1.165, 1.54) is 6.07 Å². The first-order chi connectivity index (χ1) is 8.49. The van der Waals surface area contributed by atoms with Crippen molar-refractivity contribution in [1.82, 2.24) is 0 Å². The molecule has 0 amide bonds. The molecule has 0 bridgehead atoms. The summed E-state index contributed by atoms with van der Waals surface area (Å²) in [5.41, 5.74) is -0.0156. The fraction of sp³-hybridized carbons (Fsp3) is 0.500. The van der Waals surface area contributed by atoms with Gasteiger partial charge in [-0.2, -0.15) is 0 Å². The van der Waals surface area contributed by atoms with Crippen LogP contribution in [-0.2, 0) is 0 Å². The lowest BCUT2D eigenvalue weighted by Gasteiger charge is -2.17. The molecule has 6 heteroatoms. The van der Waals surface area contributed by atoms with Crippen molar-refractivity contribution in [2.75, 3.05) is 5.32 Å². The molecule has 0 radical (unpaired) electrons. The van der Waals surface area contributed by atoms with Crippen LogP contribution >= 0.6 is 11.6 Å². The average molecular weight is 275 g/mol. The van der Waals surface area contributed by atoms with Crippen LogP contribution in [0, 0.1) is 15.9 Å². The third-order valence-electron chi connectivity index (χ3n) is 2.72. The summed E-state index contributed by atoms with van der Waals surface area (Å²) in [6.07, 6.45) is 2.69. The van der Waals surface area contributed by atoms with Crippen molar-refractivity contribution in [1.29, 1.82) is 0 Å². The van der Waals surface area contributed by atoms with Crippen molar-refractivity contribution < 1.29 is 9.31 Å². The molecular formula is C12H16ClFN2O2. The van der Waals surface area contributed by atoms with E-state index in [-0.39, 0.29) is 22.4 Å². The van der Waals surface area contributed by atoms with E-state index >= 15 is 0 Å². The maximum absolute atomic E-state index is 13.2. The topological polar surface area (TPSA) is 55.2 Å². The summed E-state index contributed by atoms with van der Waals surface area (Å²) in [4.78, 5) is 10.3. The Bertz CT molecular complexity index is 440. The summed E-state index contributed by atoms with van der Waals surface area (Å²) < 4.78 is 13.2. The molecule has 0 aromatic heterocycles. The SMILES string of the molecule is CCCC(CC)Nc1cc(Cl)c(F)cc1[N+](=O)[O-]. The lowest BCUT2D eigenvalue weighted by atomic mass is 10.1. The van der Waals surface area contributed by atoms with Gasteiger partial charge in [0.15, 0.2) is 0 Å². The summed E-state index contributed by atoms with van der Waals surface area (Å²) in [7, 11) is 0. The van der Waals surface area contributed by atoms with E-state index in [0.29, 0.717) is 0 Å². The van der Waals surface area contributed by atoms with E-state index in [9.17, 15) is 14.5 Å². The van der Waals surface area contributed by atoms with Gasteiger partial charge in [0.2, 0.25) is 0 Å².